The fraction of sp³-hybridized carbons (Fsp3) is 0.375. The number of nitrogens with zero attached hydrogens (tertiary/aromatic N) is 2. The van der Waals surface area contributed by atoms with E-state index >= 15 is 0 Å². The summed E-state index contributed by atoms with van der Waals surface area (Å²) in [4.78, 5) is 18.1. The molecule has 4 nitrogen and oxygen atoms in total. The number of benzene rings is 1. The fourth-order valence-electron chi connectivity index (χ4n) is 2.49. The van der Waals surface area contributed by atoms with E-state index in [1.54, 1.807) is 7.05 Å². The Morgan fingerprint density at radius 2 is 2.20 bits per heavy atom. The maximum Gasteiger partial charge on any atom is 0.304 e. The van der Waals surface area contributed by atoms with Crippen LogP contribution in [0.3, 0.4) is 0 Å². The van der Waals surface area contributed by atoms with E-state index in [0.29, 0.717) is 18.0 Å². The molecule has 1 amide bonds. The van der Waals surface area contributed by atoms with Gasteiger partial charge in [-0.15, -0.1) is 0 Å². The van der Waals surface area contributed by atoms with Crippen molar-refractivity contribution in [3.05, 3.63) is 35.9 Å². The largest absolute Gasteiger partial charge is 0.423 e. The molecule has 0 atom stereocenters. The lowest BCUT2D eigenvalue weighted by molar-refractivity contribution is -0.117. The van der Waals surface area contributed by atoms with Crippen LogP contribution in [0.2, 0.25) is 0 Å². The summed E-state index contributed by atoms with van der Waals surface area (Å²) in [6.45, 7) is 0. The third kappa shape index (κ3) is 2.59. The van der Waals surface area contributed by atoms with E-state index in [0.717, 1.165) is 18.4 Å². The number of hydrogen-bond donors (Lipinski definition) is 0. The zero-order valence-electron chi connectivity index (χ0n) is 11.6. The molecule has 2 aromatic rings. The van der Waals surface area contributed by atoms with Crippen LogP contribution < -0.4 is 4.90 Å². The monoisotopic (exact) mass is 270 g/mol. The predicted molar refractivity (Wildman–Crippen MR) is 78.6 cm³/mol. The van der Waals surface area contributed by atoms with Gasteiger partial charge in [-0.25, -0.2) is 0 Å². The minimum Gasteiger partial charge on any atom is -0.423 e. The molecular formula is C16H18N2O2. The van der Waals surface area contributed by atoms with Gasteiger partial charge in [-0.2, -0.15) is 4.98 Å². The normalized spacial score (nSPS) is 15.2. The van der Waals surface area contributed by atoms with E-state index in [-0.39, 0.29) is 5.91 Å². The standard InChI is InChI=1S/C16H18N2O2/c1-18(15(19)11-12-7-3-2-4-8-12)16-17-13-9-5-6-10-14(13)20-16/h5-7,9-10H,2-4,8,11H2,1H3. The van der Waals surface area contributed by atoms with Gasteiger partial charge in [0, 0.05) is 13.5 Å². The molecule has 1 aliphatic rings. The van der Waals surface area contributed by atoms with E-state index in [9.17, 15) is 4.79 Å². The number of anilines is 1. The molecule has 1 aromatic heterocycles. The van der Waals surface area contributed by atoms with Crippen molar-refractivity contribution < 1.29 is 9.21 Å². The van der Waals surface area contributed by atoms with Gasteiger partial charge in [-0.05, 0) is 37.8 Å². The van der Waals surface area contributed by atoms with Crippen LogP contribution >= 0.6 is 0 Å². The molecule has 0 bridgehead atoms. The molecule has 0 fully saturated rings. The summed E-state index contributed by atoms with van der Waals surface area (Å²) in [7, 11) is 1.72. The minimum atomic E-state index is 0.0321. The molecule has 0 spiro atoms. The van der Waals surface area contributed by atoms with E-state index in [2.05, 4.69) is 11.1 Å². The maximum atomic E-state index is 12.3. The topological polar surface area (TPSA) is 46.3 Å². The Morgan fingerprint density at radius 3 is 2.95 bits per heavy atom. The number of carbonyl (C=O) groups excluding carboxylic acids is 1. The van der Waals surface area contributed by atoms with Gasteiger partial charge in [-0.1, -0.05) is 23.8 Å². The SMILES string of the molecule is CN(C(=O)CC1=CCCCC1)c1nc2ccccc2o1. The molecule has 1 heterocycles. The Balaban J connectivity index is 1.75. The number of para-hydroxylation sites is 2. The molecule has 1 aliphatic carbocycles. The molecule has 0 saturated heterocycles. The molecule has 104 valence electrons. The molecule has 0 unspecified atom stereocenters. The molecule has 4 heteroatoms. The number of fused-ring (bicyclic) bond motifs is 1. The second-order valence-corrected chi connectivity index (χ2v) is 5.20. The fourth-order valence-corrected chi connectivity index (χ4v) is 2.49. The lowest BCUT2D eigenvalue weighted by Crippen LogP contribution is -2.26. The third-order valence-corrected chi connectivity index (χ3v) is 3.71. The first-order valence-corrected chi connectivity index (χ1v) is 7.04. The Hall–Kier alpha value is -2.10. The van der Waals surface area contributed by atoms with E-state index in [4.69, 9.17) is 4.42 Å². The number of hydrogen-bond acceptors (Lipinski definition) is 3. The van der Waals surface area contributed by atoms with Gasteiger partial charge in [0.25, 0.3) is 0 Å². The molecule has 1 aromatic carbocycles. The van der Waals surface area contributed by atoms with Crippen molar-refractivity contribution >= 4 is 23.0 Å². The first-order chi connectivity index (χ1) is 9.74. The summed E-state index contributed by atoms with van der Waals surface area (Å²) in [5.41, 5.74) is 2.72. The van der Waals surface area contributed by atoms with Gasteiger partial charge >= 0.3 is 6.01 Å². The van der Waals surface area contributed by atoms with Crippen molar-refractivity contribution in [3.8, 4) is 0 Å². The van der Waals surface area contributed by atoms with E-state index < -0.39 is 0 Å². The molecule has 0 radical (unpaired) electrons. The number of carbonyl (C=O) groups is 1. The minimum absolute atomic E-state index is 0.0321. The van der Waals surface area contributed by atoms with Crippen molar-refractivity contribution in [2.24, 2.45) is 0 Å². The van der Waals surface area contributed by atoms with Gasteiger partial charge < -0.3 is 4.42 Å². The Labute approximate surface area is 118 Å². The summed E-state index contributed by atoms with van der Waals surface area (Å²) in [6, 6.07) is 7.90. The lowest BCUT2D eigenvalue weighted by atomic mass is 9.97. The lowest BCUT2D eigenvalue weighted by Gasteiger charge is -2.16. The highest BCUT2D eigenvalue weighted by molar-refractivity contribution is 5.93. The zero-order valence-corrected chi connectivity index (χ0v) is 11.6. The van der Waals surface area contributed by atoms with Crippen LogP contribution in [0.4, 0.5) is 6.01 Å². The van der Waals surface area contributed by atoms with Gasteiger partial charge in [-0.3, -0.25) is 9.69 Å². The maximum absolute atomic E-state index is 12.3. The summed E-state index contributed by atoms with van der Waals surface area (Å²) in [6.07, 6.45) is 7.21. The predicted octanol–water partition coefficient (Wildman–Crippen LogP) is 3.68. The van der Waals surface area contributed by atoms with Crippen LogP contribution in [0, 0.1) is 0 Å². The van der Waals surface area contributed by atoms with Crippen LogP contribution in [-0.4, -0.2) is 17.9 Å². The van der Waals surface area contributed by atoms with Gasteiger partial charge in [0.15, 0.2) is 5.58 Å². The average molecular weight is 270 g/mol. The van der Waals surface area contributed by atoms with E-state index in [1.165, 1.54) is 23.3 Å². The molecule has 0 aliphatic heterocycles. The second kappa shape index (κ2) is 5.49. The van der Waals surface area contributed by atoms with Gasteiger partial charge in [0.1, 0.15) is 5.52 Å². The summed E-state index contributed by atoms with van der Waals surface area (Å²) >= 11 is 0. The third-order valence-electron chi connectivity index (χ3n) is 3.71. The molecule has 20 heavy (non-hydrogen) atoms. The first-order valence-electron chi connectivity index (χ1n) is 7.04. The first kappa shape index (κ1) is 12.9. The van der Waals surface area contributed by atoms with Crippen LogP contribution in [0.1, 0.15) is 32.1 Å². The Morgan fingerprint density at radius 1 is 1.35 bits per heavy atom. The smallest absolute Gasteiger partial charge is 0.304 e. The second-order valence-electron chi connectivity index (χ2n) is 5.20. The molecule has 0 N–H and O–H groups in total. The Bertz CT molecular complexity index is 624. The van der Waals surface area contributed by atoms with Crippen LogP contribution in [-0.2, 0) is 4.79 Å². The summed E-state index contributed by atoms with van der Waals surface area (Å²) < 4.78 is 5.61. The molecule has 3 rings (SSSR count). The van der Waals surface area contributed by atoms with Crippen LogP contribution in [0.15, 0.2) is 40.3 Å². The van der Waals surface area contributed by atoms with Crippen molar-refractivity contribution in [1.29, 1.82) is 0 Å². The number of rotatable bonds is 3. The van der Waals surface area contributed by atoms with Gasteiger partial charge in [0.05, 0.1) is 0 Å². The average Bonchev–Trinajstić information content (AvgIpc) is 2.91. The van der Waals surface area contributed by atoms with E-state index in [1.807, 2.05) is 24.3 Å². The summed E-state index contributed by atoms with van der Waals surface area (Å²) in [5, 5.41) is 0. The summed E-state index contributed by atoms with van der Waals surface area (Å²) in [5.74, 6) is 0.0321. The van der Waals surface area contributed by atoms with Crippen LogP contribution in [0.25, 0.3) is 11.1 Å². The molecular weight excluding hydrogens is 252 g/mol. The van der Waals surface area contributed by atoms with Crippen molar-refractivity contribution in [3.63, 3.8) is 0 Å². The zero-order chi connectivity index (χ0) is 13.9. The van der Waals surface area contributed by atoms with Crippen molar-refractivity contribution in [1.82, 2.24) is 4.98 Å². The molecule has 0 saturated carbocycles. The number of oxazole rings is 1. The number of aromatic nitrogens is 1. The highest BCUT2D eigenvalue weighted by Gasteiger charge is 2.18. The van der Waals surface area contributed by atoms with Gasteiger partial charge in [0.2, 0.25) is 5.91 Å². The number of allylic oxidation sites excluding steroid dienone is 1. The van der Waals surface area contributed by atoms with Crippen molar-refractivity contribution in [2.75, 3.05) is 11.9 Å². The van der Waals surface area contributed by atoms with Crippen molar-refractivity contribution in [2.45, 2.75) is 32.1 Å². The Kier molecular flexibility index (Phi) is 3.54. The quantitative estimate of drug-likeness (QED) is 0.799. The highest BCUT2D eigenvalue weighted by Crippen LogP contribution is 2.24. The number of amides is 1. The highest BCUT2D eigenvalue weighted by atomic mass is 16.4. The van der Waals surface area contributed by atoms with Crippen LogP contribution in [0.5, 0.6) is 0 Å².